The summed E-state index contributed by atoms with van der Waals surface area (Å²) >= 11 is 0. The van der Waals surface area contributed by atoms with Crippen LogP contribution in [0, 0.1) is 11.3 Å². The van der Waals surface area contributed by atoms with Gasteiger partial charge in [0.05, 0.1) is 37.5 Å². The molecule has 2 aromatic carbocycles. The molecule has 1 fully saturated rings. The van der Waals surface area contributed by atoms with Crippen LogP contribution in [0.4, 0.5) is 0 Å². The largest absolute Gasteiger partial charge is 0.496 e. The monoisotopic (exact) mass is 421 g/mol. The molecule has 0 aliphatic carbocycles. The van der Waals surface area contributed by atoms with Crippen LogP contribution in [0.1, 0.15) is 42.9 Å². The normalized spacial score (nSPS) is 14.5. The van der Waals surface area contributed by atoms with Gasteiger partial charge in [0.15, 0.2) is 6.61 Å². The Morgan fingerprint density at radius 1 is 1.16 bits per heavy atom. The molecule has 1 heterocycles. The summed E-state index contributed by atoms with van der Waals surface area (Å²) in [6, 6.07) is 14.6. The first-order chi connectivity index (χ1) is 15.1. The Hall–Kier alpha value is -3.37. The third-order valence-corrected chi connectivity index (χ3v) is 5.40. The van der Waals surface area contributed by atoms with Crippen LogP contribution in [-0.2, 0) is 11.3 Å². The topological polar surface area (TPSA) is 88.2 Å². The minimum Gasteiger partial charge on any atom is -0.496 e. The van der Waals surface area contributed by atoms with E-state index in [1.54, 1.807) is 36.3 Å². The quantitative estimate of drug-likeness (QED) is 0.504. The molecule has 3 rings (SSSR count). The van der Waals surface area contributed by atoms with E-state index in [-0.39, 0.29) is 12.5 Å². The lowest BCUT2D eigenvalue weighted by atomic mass is 10.0. The van der Waals surface area contributed by atoms with Crippen molar-refractivity contribution in [3.8, 4) is 17.6 Å². The standard InChI is InChI=1S/C24H28N4O3/c1-18(26-27-24(29)17-31-22-9-6-19(15-25)7-10-22)20-8-11-23(30-2)21(14-20)16-28-12-4-3-5-13-28/h6-11,14H,3-5,12-13,16-17H2,1-2H3,(H,27,29)/p+1/b26-18-. The first-order valence-corrected chi connectivity index (χ1v) is 10.6. The maximum Gasteiger partial charge on any atom is 0.277 e. The van der Waals surface area contributed by atoms with E-state index >= 15 is 0 Å². The summed E-state index contributed by atoms with van der Waals surface area (Å²) in [5.41, 5.74) is 5.89. The van der Waals surface area contributed by atoms with Crippen LogP contribution >= 0.6 is 0 Å². The van der Waals surface area contributed by atoms with Crippen molar-refractivity contribution in [2.45, 2.75) is 32.7 Å². The molecule has 1 aliphatic heterocycles. The van der Waals surface area contributed by atoms with Gasteiger partial charge in [-0.15, -0.1) is 0 Å². The van der Waals surface area contributed by atoms with Gasteiger partial charge < -0.3 is 14.4 Å². The smallest absolute Gasteiger partial charge is 0.277 e. The van der Waals surface area contributed by atoms with E-state index in [4.69, 9.17) is 14.7 Å². The van der Waals surface area contributed by atoms with Crippen LogP contribution in [0.25, 0.3) is 0 Å². The number of likely N-dealkylation sites (tertiary alicyclic amines) is 1. The van der Waals surface area contributed by atoms with Gasteiger partial charge in [-0.3, -0.25) is 4.79 Å². The zero-order valence-electron chi connectivity index (χ0n) is 18.1. The molecule has 162 valence electrons. The summed E-state index contributed by atoms with van der Waals surface area (Å²) in [5.74, 6) is 1.06. The second-order valence-electron chi connectivity index (χ2n) is 7.67. The second-order valence-corrected chi connectivity index (χ2v) is 7.67. The van der Waals surface area contributed by atoms with Crippen LogP contribution in [0.15, 0.2) is 47.6 Å². The number of benzene rings is 2. The third kappa shape index (κ3) is 6.56. The van der Waals surface area contributed by atoms with Crippen LogP contribution < -0.4 is 19.8 Å². The average Bonchev–Trinajstić information content (AvgIpc) is 2.82. The van der Waals surface area contributed by atoms with Gasteiger partial charge in [0.2, 0.25) is 0 Å². The summed E-state index contributed by atoms with van der Waals surface area (Å²) in [5, 5.41) is 13.0. The fourth-order valence-corrected chi connectivity index (χ4v) is 3.66. The Morgan fingerprint density at radius 3 is 2.58 bits per heavy atom. The Kier molecular flexibility index (Phi) is 8.02. The minimum atomic E-state index is -0.352. The van der Waals surface area contributed by atoms with Crippen LogP contribution in [0.2, 0.25) is 0 Å². The number of hydrogen-bond donors (Lipinski definition) is 2. The average molecular weight is 422 g/mol. The van der Waals surface area contributed by atoms with Crippen molar-refractivity contribution in [1.82, 2.24) is 5.43 Å². The van der Waals surface area contributed by atoms with Crippen molar-refractivity contribution in [2.75, 3.05) is 26.8 Å². The molecular formula is C24H29N4O3+. The van der Waals surface area contributed by atoms with Gasteiger partial charge >= 0.3 is 0 Å². The van der Waals surface area contributed by atoms with Crippen molar-refractivity contribution in [3.05, 3.63) is 59.2 Å². The summed E-state index contributed by atoms with van der Waals surface area (Å²) < 4.78 is 11.0. The van der Waals surface area contributed by atoms with Crippen LogP contribution in [0.5, 0.6) is 11.5 Å². The van der Waals surface area contributed by atoms with E-state index in [2.05, 4.69) is 16.6 Å². The van der Waals surface area contributed by atoms with E-state index in [1.807, 2.05) is 25.1 Å². The molecule has 0 atom stereocenters. The zero-order valence-corrected chi connectivity index (χ0v) is 18.1. The van der Waals surface area contributed by atoms with Gasteiger partial charge in [-0.2, -0.15) is 10.4 Å². The van der Waals surface area contributed by atoms with E-state index in [1.165, 1.54) is 32.4 Å². The minimum absolute atomic E-state index is 0.158. The lowest BCUT2D eigenvalue weighted by molar-refractivity contribution is -0.918. The van der Waals surface area contributed by atoms with E-state index in [9.17, 15) is 4.79 Å². The number of carbonyl (C=O) groups is 1. The Bertz CT molecular complexity index is 958. The van der Waals surface area contributed by atoms with Gasteiger partial charge in [-0.1, -0.05) is 0 Å². The number of rotatable bonds is 8. The number of amides is 1. The summed E-state index contributed by atoms with van der Waals surface area (Å²) in [6.45, 7) is 5.01. The maximum atomic E-state index is 12.1. The fraction of sp³-hybridized carbons (Fsp3) is 0.375. The third-order valence-electron chi connectivity index (χ3n) is 5.40. The molecular weight excluding hydrogens is 392 g/mol. The Morgan fingerprint density at radius 2 is 1.90 bits per heavy atom. The van der Waals surface area contributed by atoms with E-state index in [0.29, 0.717) is 17.0 Å². The molecule has 0 saturated carbocycles. The highest BCUT2D eigenvalue weighted by Gasteiger charge is 2.17. The molecule has 0 aromatic heterocycles. The number of piperidine rings is 1. The summed E-state index contributed by atoms with van der Waals surface area (Å²) in [6.07, 6.45) is 3.86. The zero-order chi connectivity index (χ0) is 22.1. The fourth-order valence-electron chi connectivity index (χ4n) is 3.66. The van der Waals surface area contributed by atoms with Crippen molar-refractivity contribution < 1.29 is 19.2 Å². The molecule has 1 aliphatic rings. The van der Waals surface area contributed by atoms with Crippen molar-refractivity contribution in [1.29, 1.82) is 5.26 Å². The number of ether oxygens (including phenoxy) is 2. The number of quaternary nitrogens is 1. The first kappa shape index (κ1) is 22.3. The second kappa shape index (κ2) is 11.1. The number of hydrogen-bond acceptors (Lipinski definition) is 5. The molecule has 0 spiro atoms. The SMILES string of the molecule is COc1ccc(/C(C)=N\NC(=O)COc2ccc(C#N)cc2)cc1C[NH+]1CCCCC1. The number of nitriles is 1. The molecule has 0 bridgehead atoms. The lowest BCUT2D eigenvalue weighted by Gasteiger charge is -2.24. The lowest BCUT2D eigenvalue weighted by Crippen LogP contribution is -3.11. The van der Waals surface area contributed by atoms with Crippen molar-refractivity contribution >= 4 is 11.6 Å². The van der Waals surface area contributed by atoms with E-state index in [0.717, 1.165) is 23.4 Å². The number of nitrogens with one attached hydrogen (secondary N) is 2. The van der Waals surface area contributed by atoms with Crippen LogP contribution in [-0.4, -0.2) is 38.4 Å². The highest BCUT2D eigenvalue weighted by molar-refractivity contribution is 5.99. The molecule has 31 heavy (non-hydrogen) atoms. The molecule has 7 nitrogen and oxygen atoms in total. The number of nitrogens with zero attached hydrogens (tertiary/aromatic N) is 2. The predicted molar refractivity (Wildman–Crippen MR) is 118 cm³/mol. The van der Waals surface area contributed by atoms with Crippen molar-refractivity contribution in [2.24, 2.45) is 5.10 Å². The number of carbonyl (C=O) groups excluding carboxylic acids is 1. The van der Waals surface area contributed by atoms with Crippen molar-refractivity contribution in [3.63, 3.8) is 0 Å². The Balaban J connectivity index is 1.58. The predicted octanol–water partition coefficient (Wildman–Crippen LogP) is 2.05. The van der Waals surface area contributed by atoms with Gasteiger partial charge in [-0.05, 0) is 74.2 Å². The van der Waals surface area contributed by atoms with Crippen LogP contribution in [0.3, 0.4) is 0 Å². The first-order valence-electron chi connectivity index (χ1n) is 10.6. The van der Waals surface area contributed by atoms with Gasteiger partial charge in [0.1, 0.15) is 18.0 Å². The Labute approximate surface area is 183 Å². The molecule has 2 N–H and O–H groups in total. The number of methoxy groups -OCH3 is 1. The maximum absolute atomic E-state index is 12.1. The summed E-state index contributed by atoms with van der Waals surface area (Å²) in [7, 11) is 1.69. The van der Waals surface area contributed by atoms with E-state index < -0.39 is 0 Å². The molecule has 1 amide bonds. The molecule has 0 radical (unpaired) electrons. The molecule has 7 heteroatoms. The van der Waals surface area contributed by atoms with Gasteiger partial charge in [0.25, 0.3) is 5.91 Å². The van der Waals surface area contributed by atoms with Gasteiger partial charge in [0, 0.05) is 5.56 Å². The molecule has 2 aromatic rings. The highest BCUT2D eigenvalue weighted by Crippen LogP contribution is 2.20. The number of hydrazone groups is 1. The molecule has 1 saturated heterocycles. The summed E-state index contributed by atoms with van der Waals surface area (Å²) in [4.78, 5) is 13.7. The molecule has 0 unspecified atom stereocenters. The highest BCUT2D eigenvalue weighted by atomic mass is 16.5. The van der Waals surface area contributed by atoms with Gasteiger partial charge in [-0.25, -0.2) is 5.43 Å².